The van der Waals surface area contributed by atoms with Gasteiger partial charge in [-0.1, -0.05) is 0 Å². The molecule has 0 unspecified atom stereocenters. The Balaban J connectivity index is 2.25. The zero-order chi connectivity index (χ0) is 17.0. The number of ether oxygens (including phenoxy) is 2. The van der Waals surface area contributed by atoms with Crippen LogP contribution in [0.15, 0.2) is 24.7 Å². The number of carbonyl (C=O) groups excluding carboxylic acids is 1. The van der Waals surface area contributed by atoms with Gasteiger partial charge in [0.25, 0.3) is 5.88 Å². The molecule has 2 aromatic rings. The molecule has 2 heterocycles. The van der Waals surface area contributed by atoms with Gasteiger partial charge in [0.15, 0.2) is 5.82 Å². The minimum atomic E-state index is -0.676. The van der Waals surface area contributed by atoms with E-state index >= 15 is 0 Å². The first-order valence-electron chi connectivity index (χ1n) is 6.80. The molecular formula is C15H17FN4O3. The molecule has 8 heteroatoms. The molecule has 2 rings (SSSR count). The van der Waals surface area contributed by atoms with Crippen LogP contribution in [0.4, 0.5) is 15.0 Å². The molecular weight excluding hydrogens is 303 g/mol. The summed E-state index contributed by atoms with van der Waals surface area (Å²) in [4.78, 5) is 23.8. The van der Waals surface area contributed by atoms with Gasteiger partial charge in [-0.25, -0.2) is 19.2 Å². The number of nitrogens with one attached hydrogen (secondary N) is 1. The molecule has 1 amide bonds. The van der Waals surface area contributed by atoms with Crippen LogP contribution in [0.1, 0.15) is 20.8 Å². The zero-order valence-electron chi connectivity index (χ0n) is 13.3. The normalized spacial score (nSPS) is 11.0. The van der Waals surface area contributed by atoms with Crippen LogP contribution in [0.25, 0.3) is 11.3 Å². The largest absolute Gasteiger partial charge is 0.478 e. The summed E-state index contributed by atoms with van der Waals surface area (Å²) < 4.78 is 23.5. The molecule has 0 aliphatic rings. The summed E-state index contributed by atoms with van der Waals surface area (Å²) in [6.45, 7) is 5.24. The predicted molar refractivity (Wildman–Crippen MR) is 81.6 cm³/mol. The lowest BCUT2D eigenvalue weighted by atomic mass is 10.2. The molecule has 23 heavy (non-hydrogen) atoms. The van der Waals surface area contributed by atoms with Crippen LogP contribution in [0.2, 0.25) is 0 Å². The SMILES string of the molecule is COc1nc(-c2cncc(F)c2)cnc1NC(=O)OC(C)(C)C. The number of halogens is 1. The van der Waals surface area contributed by atoms with Gasteiger partial charge in [-0.2, -0.15) is 0 Å². The van der Waals surface area contributed by atoms with Crippen molar-refractivity contribution in [3.8, 4) is 17.1 Å². The minimum absolute atomic E-state index is 0.0811. The highest BCUT2D eigenvalue weighted by Crippen LogP contribution is 2.24. The maximum atomic E-state index is 13.2. The van der Waals surface area contributed by atoms with Crippen molar-refractivity contribution in [3.63, 3.8) is 0 Å². The predicted octanol–water partition coefficient (Wildman–Crippen LogP) is 3.03. The Hall–Kier alpha value is -2.77. The first kappa shape index (κ1) is 16.6. The number of anilines is 1. The molecule has 7 nitrogen and oxygen atoms in total. The molecule has 0 aromatic carbocycles. The van der Waals surface area contributed by atoms with Crippen molar-refractivity contribution < 1.29 is 18.7 Å². The molecule has 0 aliphatic carbocycles. The van der Waals surface area contributed by atoms with Crippen molar-refractivity contribution in [2.75, 3.05) is 12.4 Å². The second kappa shape index (κ2) is 6.55. The molecule has 0 saturated heterocycles. The van der Waals surface area contributed by atoms with E-state index in [1.807, 2.05) is 0 Å². The van der Waals surface area contributed by atoms with Crippen molar-refractivity contribution in [2.45, 2.75) is 26.4 Å². The van der Waals surface area contributed by atoms with Gasteiger partial charge in [0.1, 0.15) is 11.4 Å². The molecule has 0 saturated carbocycles. The summed E-state index contributed by atoms with van der Waals surface area (Å²) in [5.74, 6) is -0.299. The number of rotatable bonds is 3. The van der Waals surface area contributed by atoms with Gasteiger partial charge in [0.2, 0.25) is 0 Å². The number of aromatic nitrogens is 3. The van der Waals surface area contributed by atoms with Gasteiger partial charge in [-0.15, -0.1) is 0 Å². The Labute approximate surface area is 132 Å². The van der Waals surface area contributed by atoms with Crippen LogP contribution in [-0.4, -0.2) is 33.8 Å². The van der Waals surface area contributed by atoms with Gasteiger partial charge in [-0.05, 0) is 26.8 Å². The van der Waals surface area contributed by atoms with Gasteiger partial charge < -0.3 is 9.47 Å². The quantitative estimate of drug-likeness (QED) is 0.935. The van der Waals surface area contributed by atoms with Crippen molar-refractivity contribution >= 4 is 11.9 Å². The third-order valence-electron chi connectivity index (χ3n) is 2.55. The fourth-order valence-electron chi connectivity index (χ4n) is 1.69. The number of hydrogen-bond donors (Lipinski definition) is 1. The summed E-state index contributed by atoms with van der Waals surface area (Å²) in [6, 6.07) is 1.28. The van der Waals surface area contributed by atoms with E-state index in [4.69, 9.17) is 9.47 Å². The maximum absolute atomic E-state index is 13.2. The van der Waals surface area contributed by atoms with Gasteiger partial charge >= 0.3 is 6.09 Å². The highest BCUT2D eigenvalue weighted by Gasteiger charge is 2.19. The second-order valence-electron chi connectivity index (χ2n) is 5.63. The molecule has 0 atom stereocenters. The van der Waals surface area contributed by atoms with Crippen molar-refractivity contribution in [1.29, 1.82) is 0 Å². The monoisotopic (exact) mass is 320 g/mol. The van der Waals surface area contributed by atoms with Gasteiger partial charge in [-0.3, -0.25) is 10.3 Å². The Morgan fingerprint density at radius 2 is 2.00 bits per heavy atom. The molecule has 122 valence electrons. The second-order valence-corrected chi connectivity index (χ2v) is 5.63. The van der Waals surface area contributed by atoms with Crippen LogP contribution in [-0.2, 0) is 4.74 Å². The highest BCUT2D eigenvalue weighted by atomic mass is 19.1. The maximum Gasteiger partial charge on any atom is 0.413 e. The molecule has 0 bridgehead atoms. The van der Waals surface area contributed by atoms with E-state index in [0.717, 1.165) is 6.20 Å². The van der Waals surface area contributed by atoms with Crippen LogP contribution in [0, 0.1) is 5.82 Å². The number of nitrogens with zero attached hydrogens (tertiary/aromatic N) is 3. The number of hydrogen-bond acceptors (Lipinski definition) is 6. The van der Waals surface area contributed by atoms with Crippen LogP contribution < -0.4 is 10.1 Å². The molecule has 2 aromatic heterocycles. The summed E-state index contributed by atoms with van der Waals surface area (Å²) in [5.41, 5.74) is 0.168. The summed E-state index contributed by atoms with van der Waals surface area (Å²) in [5, 5.41) is 2.46. The van der Waals surface area contributed by atoms with E-state index < -0.39 is 17.5 Å². The zero-order valence-corrected chi connectivity index (χ0v) is 13.3. The Morgan fingerprint density at radius 3 is 2.61 bits per heavy atom. The fourth-order valence-corrected chi connectivity index (χ4v) is 1.69. The van der Waals surface area contributed by atoms with Gasteiger partial charge in [0, 0.05) is 11.8 Å². The lowest BCUT2D eigenvalue weighted by molar-refractivity contribution is 0.0634. The average molecular weight is 320 g/mol. The Morgan fingerprint density at radius 1 is 1.26 bits per heavy atom. The first-order valence-corrected chi connectivity index (χ1v) is 6.80. The van der Waals surface area contributed by atoms with E-state index in [0.29, 0.717) is 11.3 Å². The van der Waals surface area contributed by atoms with E-state index in [-0.39, 0.29) is 11.7 Å². The van der Waals surface area contributed by atoms with E-state index in [1.165, 1.54) is 25.6 Å². The molecule has 0 radical (unpaired) electrons. The average Bonchev–Trinajstić information content (AvgIpc) is 2.45. The van der Waals surface area contributed by atoms with E-state index in [2.05, 4.69) is 20.3 Å². The fraction of sp³-hybridized carbons (Fsp3) is 0.333. The molecule has 0 fully saturated rings. The number of carbonyl (C=O) groups is 1. The Kier molecular flexibility index (Phi) is 4.73. The molecule has 1 N–H and O–H groups in total. The first-order chi connectivity index (χ1) is 10.8. The Bertz CT molecular complexity index is 716. The lowest BCUT2D eigenvalue weighted by Gasteiger charge is -2.19. The molecule has 0 spiro atoms. The topological polar surface area (TPSA) is 86.2 Å². The highest BCUT2D eigenvalue weighted by molar-refractivity contribution is 5.85. The summed E-state index contributed by atoms with van der Waals surface area (Å²) in [7, 11) is 1.39. The minimum Gasteiger partial charge on any atom is -0.478 e. The van der Waals surface area contributed by atoms with Crippen molar-refractivity contribution in [3.05, 3.63) is 30.5 Å². The molecule has 0 aliphatic heterocycles. The van der Waals surface area contributed by atoms with Crippen molar-refractivity contribution in [2.24, 2.45) is 0 Å². The summed E-state index contributed by atoms with van der Waals surface area (Å²) >= 11 is 0. The third kappa shape index (κ3) is 4.60. The summed E-state index contributed by atoms with van der Waals surface area (Å²) in [6.07, 6.45) is 3.25. The number of methoxy groups -OCH3 is 1. The number of amides is 1. The van der Waals surface area contributed by atoms with Crippen LogP contribution >= 0.6 is 0 Å². The van der Waals surface area contributed by atoms with E-state index in [9.17, 15) is 9.18 Å². The van der Waals surface area contributed by atoms with Gasteiger partial charge in [0.05, 0.1) is 25.2 Å². The number of pyridine rings is 1. The van der Waals surface area contributed by atoms with Crippen LogP contribution in [0.3, 0.4) is 0 Å². The van der Waals surface area contributed by atoms with Crippen molar-refractivity contribution in [1.82, 2.24) is 15.0 Å². The van der Waals surface area contributed by atoms with E-state index in [1.54, 1.807) is 20.8 Å². The lowest BCUT2D eigenvalue weighted by Crippen LogP contribution is -2.27. The standard InChI is InChI=1S/C15H17FN4O3/c1-15(2,3)23-14(21)20-12-13(22-4)19-11(8-18-12)9-5-10(16)7-17-6-9/h5-8H,1-4H3,(H,18,20,21). The smallest absolute Gasteiger partial charge is 0.413 e. The third-order valence-corrected chi connectivity index (χ3v) is 2.55. The van der Waals surface area contributed by atoms with Crippen LogP contribution in [0.5, 0.6) is 5.88 Å².